The highest BCUT2D eigenvalue weighted by atomic mass is 79.9. The molecule has 4 rings (SSSR count). The Morgan fingerprint density at radius 3 is 2.78 bits per heavy atom. The zero-order valence-electron chi connectivity index (χ0n) is 14.6. The van der Waals surface area contributed by atoms with Crippen LogP contribution in [0.2, 0.25) is 5.02 Å². The van der Waals surface area contributed by atoms with Gasteiger partial charge in [0.05, 0.1) is 17.7 Å². The second kappa shape index (κ2) is 7.62. The average Bonchev–Trinajstić information content (AvgIpc) is 3.09. The number of carbonyl (C=O) groups is 1. The molecule has 7 heteroatoms. The molecule has 0 bridgehead atoms. The van der Waals surface area contributed by atoms with Crippen molar-refractivity contribution in [2.24, 2.45) is 0 Å². The van der Waals surface area contributed by atoms with Crippen molar-refractivity contribution in [2.75, 3.05) is 13.2 Å². The lowest BCUT2D eigenvalue weighted by molar-refractivity contribution is -0.130. The van der Waals surface area contributed by atoms with Crippen molar-refractivity contribution >= 4 is 39.1 Å². The first-order valence-corrected chi connectivity index (χ1v) is 10.00. The smallest absolute Gasteiger partial charge is 0.231 e. The predicted molar refractivity (Wildman–Crippen MR) is 108 cm³/mol. The molecule has 1 aromatic carbocycles. The molecule has 0 radical (unpaired) electrons. The number of hydrogen-bond donors (Lipinski definition) is 1. The van der Waals surface area contributed by atoms with E-state index in [9.17, 15) is 4.79 Å². The van der Waals surface area contributed by atoms with Gasteiger partial charge in [-0.2, -0.15) is 0 Å². The molecule has 2 aromatic heterocycles. The first-order valence-electron chi connectivity index (χ1n) is 8.83. The minimum Gasteiger partial charge on any atom is -0.381 e. The minimum absolute atomic E-state index is 0.0304. The molecule has 0 atom stereocenters. The van der Waals surface area contributed by atoms with Crippen molar-refractivity contribution in [3.8, 4) is 0 Å². The Kier molecular flexibility index (Phi) is 5.21. The second-order valence-corrected chi connectivity index (χ2v) is 8.02. The maximum atomic E-state index is 13.2. The van der Waals surface area contributed by atoms with Gasteiger partial charge in [0.15, 0.2) is 0 Å². The lowest BCUT2D eigenvalue weighted by Crippen LogP contribution is -2.48. The van der Waals surface area contributed by atoms with Crippen LogP contribution in [-0.4, -0.2) is 28.5 Å². The molecular weight excluding hydrogens is 430 g/mol. The maximum absolute atomic E-state index is 13.2. The van der Waals surface area contributed by atoms with E-state index in [1.165, 1.54) is 0 Å². The van der Waals surface area contributed by atoms with E-state index in [1.54, 1.807) is 0 Å². The normalized spacial score (nSPS) is 16.4. The van der Waals surface area contributed by atoms with Crippen LogP contribution >= 0.6 is 27.5 Å². The van der Waals surface area contributed by atoms with Crippen LogP contribution in [0.15, 0.2) is 53.3 Å². The van der Waals surface area contributed by atoms with E-state index in [-0.39, 0.29) is 5.91 Å². The van der Waals surface area contributed by atoms with E-state index in [4.69, 9.17) is 16.3 Å². The Labute approximate surface area is 170 Å². The molecule has 3 aromatic rings. The summed E-state index contributed by atoms with van der Waals surface area (Å²) in [6, 6.07) is 11.5. The summed E-state index contributed by atoms with van der Waals surface area (Å²) in [5.41, 5.74) is 1.85. The largest absolute Gasteiger partial charge is 0.381 e. The number of amides is 1. The number of halogens is 2. The molecule has 1 saturated heterocycles. The molecule has 1 aliphatic rings. The van der Waals surface area contributed by atoms with Crippen molar-refractivity contribution < 1.29 is 9.53 Å². The van der Waals surface area contributed by atoms with E-state index in [2.05, 4.69) is 26.2 Å². The van der Waals surface area contributed by atoms with Gasteiger partial charge in [-0.25, -0.2) is 4.98 Å². The molecule has 5 nitrogen and oxygen atoms in total. The fourth-order valence-electron chi connectivity index (χ4n) is 3.63. The number of aromatic nitrogens is 2. The van der Waals surface area contributed by atoms with Crippen LogP contribution in [0, 0.1) is 0 Å². The van der Waals surface area contributed by atoms with Crippen LogP contribution in [0.3, 0.4) is 0 Å². The molecular formula is C20H19BrClN3O2. The first kappa shape index (κ1) is 18.5. The Balaban J connectivity index is 1.57. The summed E-state index contributed by atoms with van der Waals surface area (Å²) >= 11 is 9.89. The number of ether oxygens (including phenoxy) is 1. The fraction of sp³-hybridized carbons (Fsp3) is 0.300. The number of hydrogen-bond acceptors (Lipinski definition) is 3. The Morgan fingerprint density at radius 1 is 1.22 bits per heavy atom. The number of nitrogens with one attached hydrogen (secondary N) is 1. The number of imidazole rings is 1. The standard InChI is InChI=1S/C20H19BrClN3O2/c21-14-5-6-18-24-15(13-25(18)12-14)11-23-19(26)20(7-9-27-10-8-20)16-3-1-2-4-17(16)22/h1-6,12-13H,7-11H2,(H,23,26). The van der Waals surface area contributed by atoms with E-state index >= 15 is 0 Å². The number of rotatable bonds is 4. The molecule has 1 aliphatic heterocycles. The molecule has 0 saturated carbocycles. The van der Waals surface area contributed by atoms with Crippen LogP contribution in [0.4, 0.5) is 0 Å². The van der Waals surface area contributed by atoms with Gasteiger partial charge in [0, 0.05) is 35.1 Å². The number of benzene rings is 1. The van der Waals surface area contributed by atoms with Crippen molar-refractivity contribution in [3.63, 3.8) is 0 Å². The SMILES string of the molecule is O=C(NCc1cn2cc(Br)ccc2n1)C1(c2ccccc2Cl)CCOCC1. The third-order valence-electron chi connectivity index (χ3n) is 5.07. The summed E-state index contributed by atoms with van der Waals surface area (Å²) in [7, 11) is 0. The summed E-state index contributed by atoms with van der Waals surface area (Å²) in [6.45, 7) is 1.45. The maximum Gasteiger partial charge on any atom is 0.231 e. The zero-order chi connectivity index (χ0) is 18.9. The lowest BCUT2D eigenvalue weighted by Gasteiger charge is -2.36. The van der Waals surface area contributed by atoms with Crippen molar-refractivity contribution in [3.05, 3.63) is 69.5 Å². The second-order valence-electron chi connectivity index (χ2n) is 6.70. The van der Waals surface area contributed by atoms with Gasteiger partial charge in [-0.05, 0) is 52.5 Å². The summed E-state index contributed by atoms with van der Waals surface area (Å²) in [4.78, 5) is 17.8. The average molecular weight is 449 g/mol. The van der Waals surface area contributed by atoms with Gasteiger partial charge in [-0.15, -0.1) is 0 Å². The molecule has 27 heavy (non-hydrogen) atoms. The van der Waals surface area contributed by atoms with Gasteiger partial charge >= 0.3 is 0 Å². The van der Waals surface area contributed by atoms with Crippen LogP contribution < -0.4 is 5.32 Å². The van der Waals surface area contributed by atoms with Crippen molar-refractivity contribution in [1.29, 1.82) is 0 Å². The monoisotopic (exact) mass is 447 g/mol. The number of nitrogens with zero attached hydrogens (tertiary/aromatic N) is 2. The van der Waals surface area contributed by atoms with Crippen molar-refractivity contribution in [1.82, 2.24) is 14.7 Å². The molecule has 1 amide bonds. The molecule has 1 N–H and O–H groups in total. The lowest BCUT2D eigenvalue weighted by atomic mass is 9.73. The molecule has 0 aliphatic carbocycles. The van der Waals surface area contributed by atoms with Gasteiger partial charge in [-0.1, -0.05) is 29.8 Å². The number of carbonyl (C=O) groups excluding carboxylic acids is 1. The predicted octanol–water partition coefficient (Wildman–Crippen LogP) is 4.11. The Morgan fingerprint density at radius 2 is 2.00 bits per heavy atom. The molecule has 0 spiro atoms. The third-order valence-corrected chi connectivity index (χ3v) is 5.86. The van der Waals surface area contributed by atoms with E-state index in [0.29, 0.717) is 37.6 Å². The molecule has 1 fully saturated rings. The Bertz CT molecular complexity index is 982. The van der Waals surface area contributed by atoms with Crippen LogP contribution in [-0.2, 0) is 21.5 Å². The van der Waals surface area contributed by atoms with Gasteiger partial charge in [0.1, 0.15) is 5.65 Å². The Hall–Kier alpha value is -1.89. The highest BCUT2D eigenvalue weighted by molar-refractivity contribution is 9.10. The highest BCUT2D eigenvalue weighted by Gasteiger charge is 2.42. The molecule has 140 valence electrons. The number of pyridine rings is 1. The minimum atomic E-state index is -0.668. The van der Waals surface area contributed by atoms with Crippen molar-refractivity contribution in [2.45, 2.75) is 24.8 Å². The van der Waals surface area contributed by atoms with Gasteiger partial charge in [-0.3, -0.25) is 4.79 Å². The van der Waals surface area contributed by atoms with E-state index < -0.39 is 5.41 Å². The fourth-order valence-corrected chi connectivity index (χ4v) is 4.30. The highest BCUT2D eigenvalue weighted by Crippen LogP contribution is 2.38. The summed E-state index contributed by atoms with van der Waals surface area (Å²) in [5, 5.41) is 3.69. The van der Waals surface area contributed by atoms with Crippen LogP contribution in [0.25, 0.3) is 5.65 Å². The molecule has 3 heterocycles. The van der Waals surface area contributed by atoms with Gasteiger partial charge in [0.2, 0.25) is 5.91 Å². The quantitative estimate of drug-likeness (QED) is 0.653. The topological polar surface area (TPSA) is 55.6 Å². The molecule has 0 unspecified atom stereocenters. The van der Waals surface area contributed by atoms with Gasteiger partial charge < -0.3 is 14.5 Å². The van der Waals surface area contributed by atoms with Gasteiger partial charge in [0.25, 0.3) is 0 Å². The first-order chi connectivity index (χ1) is 13.1. The van der Waals surface area contributed by atoms with E-state index in [0.717, 1.165) is 21.4 Å². The zero-order valence-corrected chi connectivity index (χ0v) is 17.0. The van der Waals surface area contributed by atoms with Crippen LogP contribution in [0.1, 0.15) is 24.1 Å². The van der Waals surface area contributed by atoms with Crippen LogP contribution in [0.5, 0.6) is 0 Å². The van der Waals surface area contributed by atoms with E-state index in [1.807, 2.05) is 53.2 Å². The third kappa shape index (κ3) is 3.61. The summed E-state index contributed by atoms with van der Waals surface area (Å²) in [5.74, 6) is -0.0304. The number of fused-ring (bicyclic) bond motifs is 1. The summed E-state index contributed by atoms with van der Waals surface area (Å²) < 4.78 is 8.42. The summed E-state index contributed by atoms with van der Waals surface area (Å²) in [6.07, 6.45) is 5.09.